The van der Waals surface area contributed by atoms with E-state index in [1.165, 1.54) is 14.6 Å². The molecule has 0 unspecified atom stereocenters. The number of nitrogens with one attached hydrogen (secondary N) is 1. The quantitative estimate of drug-likeness (QED) is 0.880. The molecular weight excluding hydrogens is 246 g/mol. The van der Waals surface area contributed by atoms with Crippen molar-refractivity contribution in [3.8, 4) is 0 Å². The lowest BCUT2D eigenvalue weighted by atomic mass is 10.4. The lowest BCUT2D eigenvalue weighted by Crippen LogP contribution is -2.10. The molecular formula is C11H14ClNS2. The highest BCUT2D eigenvalue weighted by molar-refractivity contribution is 7.11. The van der Waals surface area contributed by atoms with Crippen molar-refractivity contribution in [1.82, 2.24) is 5.32 Å². The van der Waals surface area contributed by atoms with E-state index in [1.54, 1.807) is 11.3 Å². The molecule has 0 atom stereocenters. The fraction of sp³-hybridized carbons (Fsp3) is 0.273. The molecule has 0 bridgehead atoms. The van der Waals surface area contributed by atoms with E-state index < -0.39 is 0 Å². The lowest BCUT2D eigenvalue weighted by Gasteiger charge is -1.99. The summed E-state index contributed by atoms with van der Waals surface area (Å²) in [6.07, 6.45) is 0. The maximum Gasteiger partial charge on any atom is 0.0303 e. The highest BCUT2D eigenvalue weighted by atomic mass is 35.5. The molecule has 0 aliphatic heterocycles. The Morgan fingerprint density at radius 3 is 2.53 bits per heavy atom. The molecule has 2 aromatic rings. The van der Waals surface area contributed by atoms with Crippen molar-refractivity contribution in [2.75, 3.05) is 0 Å². The van der Waals surface area contributed by atoms with Crippen molar-refractivity contribution in [2.24, 2.45) is 0 Å². The second-order valence-corrected chi connectivity index (χ2v) is 5.60. The summed E-state index contributed by atoms with van der Waals surface area (Å²) in [5.74, 6) is 0. The molecule has 1 nitrogen and oxygen atoms in total. The normalized spacial score (nSPS) is 9.93. The molecule has 2 rings (SSSR count). The van der Waals surface area contributed by atoms with Gasteiger partial charge >= 0.3 is 0 Å². The number of halogens is 1. The summed E-state index contributed by atoms with van der Waals surface area (Å²) in [7, 11) is 0. The first kappa shape index (κ1) is 12.7. The van der Waals surface area contributed by atoms with E-state index in [2.05, 4.69) is 41.9 Å². The maximum absolute atomic E-state index is 3.44. The van der Waals surface area contributed by atoms with Crippen molar-refractivity contribution in [1.29, 1.82) is 0 Å². The third-order valence-corrected chi connectivity index (χ3v) is 3.85. The molecule has 0 saturated carbocycles. The highest BCUT2D eigenvalue weighted by Crippen LogP contribution is 2.15. The molecule has 15 heavy (non-hydrogen) atoms. The van der Waals surface area contributed by atoms with Crippen molar-refractivity contribution < 1.29 is 0 Å². The second kappa shape index (κ2) is 6.28. The van der Waals surface area contributed by atoms with E-state index in [-0.39, 0.29) is 12.4 Å². The van der Waals surface area contributed by atoms with E-state index in [9.17, 15) is 0 Å². The van der Waals surface area contributed by atoms with E-state index in [0.29, 0.717) is 0 Å². The van der Waals surface area contributed by atoms with Gasteiger partial charge < -0.3 is 5.32 Å². The van der Waals surface area contributed by atoms with Gasteiger partial charge in [-0.15, -0.1) is 35.1 Å². The molecule has 0 aliphatic rings. The number of aryl methyl sites for hydroxylation is 1. The van der Waals surface area contributed by atoms with Gasteiger partial charge in [0.2, 0.25) is 0 Å². The first-order chi connectivity index (χ1) is 6.84. The Labute approximate surface area is 105 Å². The molecule has 2 aromatic heterocycles. The zero-order chi connectivity index (χ0) is 9.80. The molecule has 0 aliphatic carbocycles. The van der Waals surface area contributed by atoms with Gasteiger partial charge in [0.15, 0.2) is 0 Å². The Morgan fingerprint density at radius 1 is 1.13 bits per heavy atom. The minimum atomic E-state index is 0. The van der Waals surface area contributed by atoms with Crippen molar-refractivity contribution in [3.63, 3.8) is 0 Å². The van der Waals surface area contributed by atoms with Crippen LogP contribution in [0.5, 0.6) is 0 Å². The predicted octanol–water partition coefficient (Wildman–Crippen LogP) is 3.83. The predicted molar refractivity (Wildman–Crippen MR) is 71.2 cm³/mol. The maximum atomic E-state index is 3.44. The summed E-state index contributed by atoms with van der Waals surface area (Å²) >= 11 is 3.67. The summed E-state index contributed by atoms with van der Waals surface area (Å²) in [5, 5.41) is 5.56. The molecule has 0 radical (unpaired) electrons. The number of hydrogen-bond acceptors (Lipinski definition) is 3. The van der Waals surface area contributed by atoms with Crippen LogP contribution >= 0.6 is 35.1 Å². The summed E-state index contributed by atoms with van der Waals surface area (Å²) < 4.78 is 0. The molecule has 0 amide bonds. The van der Waals surface area contributed by atoms with Crippen LogP contribution in [-0.2, 0) is 13.1 Å². The third kappa shape index (κ3) is 3.95. The molecule has 2 heterocycles. The fourth-order valence-corrected chi connectivity index (χ4v) is 2.84. The lowest BCUT2D eigenvalue weighted by molar-refractivity contribution is 0.709. The van der Waals surface area contributed by atoms with Crippen LogP contribution in [0.3, 0.4) is 0 Å². The largest absolute Gasteiger partial charge is 0.307 e. The third-order valence-electron chi connectivity index (χ3n) is 1.97. The molecule has 0 aromatic carbocycles. The highest BCUT2D eigenvalue weighted by Gasteiger charge is 1.96. The zero-order valence-electron chi connectivity index (χ0n) is 8.53. The molecule has 4 heteroatoms. The Balaban J connectivity index is 0.00000112. The topological polar surface area (TPSA) is 12.0 Å². The monoisotopic (exact) mass is 259 g/mol. The van der Waals surface area contributed by atoms with Gasteiger partial charge in [0, 0.05) is 27.7 Å². The van der Waals surface area contributed by atoms with Gasteiger partial charge in [-0.3, -0.25) is 0 Å². The smallest absolute Gasteiger partial charge is 0.0303 e. The minimum absolute atomic E-state index is 0. The van der Waals surface area contributed by atoms with E-state index in [4.69, 9.17) is 0 Å². The zero-order valence-corrected chi connectivity index (χ0v) is 11.0. The van der Waals surface area contributed by atoms with Crippen molar-refractivity contribution in [2.45, 2.75) is 20.0 Å². The van der Waals surface area contributed by atoms with Crippen LogP contribution in [-0.4, -0.2) is 0 Å². The molecule has 82 valence electrons. The second-order valence-electron chi connectivity index (χ2n) is 3.20. The average Bonchev–Trinajstić information content (AvgIpc) is 2.77. The van der Waals surface area contributed by atoms with Gasteiger partial charge in [-0.1, -0.05) is 6.07 Å². The van der Waals surface area contributed by atoms with Crippen molar-refractivity contribution >= 4 is 35.1 Å². The first-order valence-electron chi connectivity index (χ1n) is 4.63. The summed E-state index contributed by atoms with van der Waals surface area (Å²) in [5.41, 5.74) is 0. The van der Waals surface area contributed by atoms with Crippen LogP contribution in [0.25, 0.3) is 0 Å². The van der Waals surface area contributed by atoms with Crippen LogP contribution in [0.15, 0.2) is 29.6 Å². The molecule has 0 spiro atoms. The van der Waals surface area contributed by atoms with E-state index >= 15 is 0 Å². The number of thiophene rings is 2. The minimum Gasteiger partial charge on any atom is -0.307 e. The molecule has 1 N–H and O–H groups in total. The van der Waals surface area contributed by atoms with Crippen molar-refractivity contribution in [3.05, 3.63) is 44.3 Å². The van der Waals surface area contributed by atoms with E-state index in [1.807, 2.05) is 11.3 Å². The molecule has 0 fully saturated rings. The Bertz CT molecular complexity index is 381. The van der Waals surface area contributed by atoms with Crippen LogP contribution in [0.4, 0.5) is 0 Å². The van der Waals surface area contributed by atoms with Crippen LogP contribution in [0, 0.1) is 6.92 Å². The Hall–Kier alpha value is -0.350. The van der Waals surface area contributed by atoms with Gasteiger partial charge in [0.05, 0.1) is 0 Å². The standard InChI is InChI=1S/C11H13NS2.ClH/c1-9-4-5-11(14-9)8-12-7-10-3-2-6-13-10;/h2-6,12H,7-8H2,1H3;1H. The van der Waals surface area contributed by atoms with Crippen LogP contribution < -0.4 is 5.32 Å². The summed E-state index contributed by atoms with van der Waals surface area (Å²) in [4.78, 5) is 4.20. The SMILES string of the molecule is Cc1ccc(CNCc2cccs2)s1.Cl. The summed E-state index contributed by atoms with van der Waals surface area (Å²) in [6.45, 7) is 4.11. The van der Waals surface area contributed by atoms with Gasteiger partial charge in [0.1, 0.15) is 0 Å². The fourth-order valence-electron chi connectivity index (χ4n) is 1.30. The van der Waals surface area contributed by atoms with Crippen LogP contribution in [0.1, 0.15) is 14.6 Å². The van der Waals surface area contributed by atoms with Gasteiger partial charge in [-0.2, -0.15) is 0 Å². The number of rotatable bonds is 4. The van der Waals surface area contributed by atoms with Crippen LogP contribution in [0.2, 0.25) is 0 Å². The van der Waals surface area contributed by atoms with Gasteiger partial charge in [-0.05, 0) is 30.5 Å². The Kier molecular flexibility index (Phi) is 5.32. The number of hydrogen-bond donors (Lipinski definition) is 1. The average molecular weight is 260 g/mol. The van der Waals surface area contributed by atoms with Gasteiger partial charge in [-0.25, -0.2) is 0 Å². The molecule has 0 saturated heterocycles. The Morgan fingerprint density at radius 2 is 1.93 bits per heavy atom. The summed E-state index contributed by atoms with van der Waals surface area (Å²) in [6, 6.07) is 8.63. The van der Waals surface area contributed by atoms with Gasteiger partial charge in [0.25, 0.3) is 0 Å². The first-order valence-corrected chi connectivity index (χ1v) is 6.32. The van der Waals surface area contributed by atoms with E-state index in [0.717, 1.165) is 13.1 Å².